The van der Waals surface area contributed by atoms with E-state index in [9.17, 15) is 0 Å². The van der Waals surface area contributed by atoms with Crippen LogP contribution in [-0.4, -0.2) is 28.3 Å². The molecule has 0 saturated heterocycles. The second-order valence-electron chi connectivity index (χ2n) is 6.26. The van der Waals surface area contributed by atoms with Gasteiger partial charge < -0.3 is 10.2 Å². The normalized spacial score (nSPS) is 11.3. The van der Waals surface area contributed by atoms with Crippen molar-refractivity contribution < 1.29 is 0 Å². The SMILES string of the molecule is CCN(CC)c1cnnc(Nc2ccc(C(C)(C)C)cc2)n1. The van der Waals surface area contributed by atoms with Crippen LogP contribution in [0, 0.1) is 0 Å². The number of nitrogens with one attached hydrogen (secondary N) is 1. The lowest BCUT2D eigenvalue weighted by Crippen LogP contribution is -2.23. The first-order valence-electron chi connectivity index (χ1n) is 7.76. The molecule has 1 heterocycles. The van der Waals surface area contributed by atoms with Crippen LogP contribution in [0.2, 0.25) is 0 Å². The van der Waals surface area contributed by atoms with Crippen molar-refractivity contribution in [3.8, 4) is 0 Å². The van der Waals surface area contributed by atoms with Crippen molar-refractivity contribution in [2.75, 3.05) is 23.3 Å². The van der Waals surface area contributed by atoms with Gasteiger partial charge in [0.2, 0.25) is 5.95 Å². The van der Waals surface area contributed by atoms with Crippen molar-refractivity contribution >= 4 is 17.5 Å². The van der Waals surface area contributed by atoms with Crippen LogP contribution in [0.25, 0.3) is 0 Å². The number of anilines is 3. The maximum atomic E-state index is 4.52. The highest BCUT2D eigenvalue weighted by Crippen LogP contribution is 2.24. The molecule has 5 heteroatoms. The lowest BCUT2D eigenvalue weighted by molar-refractivity contribution is 0.590. The second-order valence-corrected chi connectivity index (χ2v) is 6.26. The Kier molecular flexibility index (Phi) is 4.96. The van der Waals surface area contributed by atoms with Gasteiger partial charge >= 0.3 is 0 Å². The van der Waals surface area contributed by atoms with Gasteiger partial charge in [0.25, 0.3) is 0 Å². The molecule has 1 aromatic heterocycles. The van der Waals surface area contributed by atoms with E-state index in [-0.39, 0.29) is 5.41 Å². The molecule has 0 bridgehead atoms. The van der Waals surface area contributed by atoms with Crippen molar-refractivity contribution in [1.82, 2.24) is 15.2 Å². The molecule has 2 aromatic rings. The van der Waals surface area contributed by atoms with Gasteiger partial charge in [-0.05, 0) is 37.0 Å². The molecule has 118 valence electrons. The van der Waals surface area contributed by atoms with Crippen LogP contribution < -0.4 is 10.2 Å². The molecule has 1 aromatic carbocycles. The fraction of sp³-hybridized carbons (Fsp3) is 0.471. The monoisotopic (exact) mass is 299 g/mol. The Morgan fingerprint density at radius 2 is 1.68 bits per heavy atom. The largest absolute Gasteiger partial charge is 0.356 e. The summed E-state index contributed by atoms with van der Waals surface area (Å²) in [6, 6.07) is 8.36. The topological polar surface area (TPSA) is 53.9 Å². The summed E-state index contributed by atoms with van der Waals surface area (Å²) in [6.45, 7) is 12.6. The fourth-order valence-corrected chi connectivity index (χ4v) is 2.23. The Labute approximate surface area is 132 Å². The molecule has 0 unspecified atom stereocenters. The molecule has 0 saturated carbocycles. The van der Waals surface area contributed by atoms with Gasteiger partial charge in [-0.15, -0.1) is 5.10 Å². The predicted octanol–water partition coefficient (Wildman–Crippen LogP) is 3.76. The van der Waals surface area contributed by atoms with Gasteiger partial charge in [-0.2, -0.15) is 10.1 Å². The van der Waals surface area contributed by atoms with E-state index in [1.807, 2.05) is 12.1 Å². The maximum absolute atomic E-state index is 4.52. The zero-order valence-corrected chi connectivity index (χ0v) is 14.1. The summed E-state index contributed by atoms with van der Waals surface area (Å²) < 4.78 is 0. The molecule has 0 aliphatic heterocycles. The highest BCUT2D eigenvalue weighted by atomic mass is 15.3. The number of rotatable bonds is 5. The van der Waals surface area contributed by atoms with E-state index in [2.05, 4.69) is 72.1 Å². The summed E-state index contributed by atoms with van der Waals surface area (Å²) in [6.07, 6.45) is 1.70. The second kappa shape index (κ2) is 6.73. The number of hydrogen-bond acceptors (Lipinski definition) is 5. The van der Waals surface area contributed by atoms with Crippen molar-refractivity contribution in [1.29, 1.82) is 0 Å². The number of nitrogens with zero attached hydrogens (tertiary/aromatic N) is 4. The van der Waals surface area contributed by atoms with E-state index < -0.39 is 0 Å². The molecule has 5 nitrogen and oxygen atoms in total. The van der Waals surface area contributed by atoms with E-state index in [4.69, 9.17) is 0 Å². The van der Waals surface area contributed by atoms with Crippen molar-refractivity contribution in [3.63, 3.8) is 0 Å². The summed E-state index contributed by atoms with van der Waals surface area (Å²) in [4.78, 5) is 6.66. The van der Waals surface area contributed by atoms with E-state index in [1.165, 1.54) is 5.56 Å². The van der Waals surface area contributed by atoms with Crippen LogP contribution in [0.3, 0.4) is 0 Å². The van der Waals surface area contributed by atoms with Crippen LogP contribution in [0.5, 0.6) is 0 Å². The molecule has 0 radical (unpaired) electrons. The summed E-state index contributed by atoms with van der Waals surface area (Å²) in [5.41, 5.74) is 2.42. The third kappa shape index (κ3) is 3.93. The molecule has 1 N–H and O–H groups in total. The zero-order chi connectivity index (χ0) is 16.2. The zero-order valence-electron chi connectivity index (χ0n) is 14.1. The van der Waals surface area contributed by atoms with E-state index in [0.29, 0.717) is 5.95 Å². The Balaban J connectivity index is 2.15. The molecule has 0 aliphatic carbocycles. The van der Waals surface area contributed by atoms with Crippen LogP contribution in [0.15, 0.2) is 30.5 Å². The van der Waals surface area contributed by atoms with E-state index in [0.717, 1.165) is 24.6 Å². The minimum absolute atomic E-state index is 0.152. The molecular formula is C17H25N5. The molecular weight excluding hydrogens is 274 g/mol. The third-order valence-electron chi connectivity index (χ3n) is 3.64. The summed E-state index contributed by atoms with van der Waals surface area (Å²) in [7, 11) is 0. The minimum Gasteiger partial charge on any atom is -0.356 e. The molecule has 22 heavy (non-hydrogen) atoms. The van der Waals surface area contributed by atoms with Crippen molar-refractivity contribution in [3.05, 3.63) is 36.0 Å². The Morgan fingerprint density at radius 1 is 1.05 bits per heavy atom. The Bertz CT molecular complexity index is 597. The van der Waals surface area contributed by atoms with Crippen molar-refractivity contribution in [2.45, 2.75) is 40.0 Å². The summed E-state index contributed by atoms with van der Waals surface area (Å²) in [5, 5.41) is 11.3. The van der Waals surface area contributed by atoms with Gasteiger partial charge in [0, 0.05) is 18.8 Å². The minimum atomic E-state index is 0.152. The lowest BCUT2D eigenvalue weighted by Gasteiger charge is -2.20. The first-order chi connectivity index (χ1) is 10.4. The first kappa shape index (κ1) is 16.2. The number of aromatic nitrogens is 3. The average molecular weight is 299 g/mol. The van der Waals surface area contributed by atoms with Crippen LogP contribution in [0.4, 0.5) is 17.5 Å². The first-order valence-corrected chi connectivity index (χ1v) is 7.76. The average Bonchev–Trinajstić information content (AvgIpc) is 2.48. The van der Waals surface area contributed by atoms with Crippen molar-refractivity contribution in [2.24, 2.45) is 0 Å². The summed E-state index contributed by atoms with van der Waals surface area (Å²) >= 11 is 0. The molecule has 2 rings (SSSR count). The van der Waals surface area contributed by atoms with E-state index in [1.54, 1.807) is 6.20 Å². The molecule has 0 aliphatic rings. The third-order valence-corrected chi connectivity index (χ3v) is 3.64. The highest BCUT2D eigenvalue weighted by molar-refractivity contribution is 5.55. The smallest absolute Gasteiger partial charge is 0.249 e. The summed E-state index contributed by atoms with van der Waals surface area (Å²) in [5.74, 6) is 1.36. The molecule has 0 spiro atoms. The predicted molar refractivity (Wildman–Crippen MR) is 91.8 cm³/mol. The quantitative estimate of drug-likeness (QED) is 0.911. The Hall–Kier alpha value is -2.17. The van der Waals surface area contributed by atoms with Gasteiger partial charge in [0.05, 0.1) is 6.20 Å². The molecule has 0 atom stereocenters. The number of hydrogen-bond donors (Lipinski definition) is 1. The molecule has 0 fully saturated rings. The van der Waals surface area contributed by atoms with Gasteiger partial charge in [-0.25, -0.2) is 0 Å². The van der Waals surface area contributed by atoms with Gasteiger partial charge in [0.15, 0.2) is 5.82 Å². The fourth-order valence-electron chi connectivity index (χ4n) is 2.23. The van der Waals surface area contributed by atoms with Gasteiger partial charge in [0.1, 0.15) is 0 Å². The number of benzene rings is 1. The highest BCUT2D eigenvalue weighted by Gasteiger charge is 2.13. The van der Waals surface area contributed by atoms with Gasteiger partial charge in [-0.1, -0.05) is 32.9 Å². The Morgan fingerprint density at radius 3 is 2.23 bits per heavy atom. The van der Waals surface area contributed by atoms with Crippen LogP contribution >= 0.6 is 0 Å². The van der Waals surface area contributed by atoms with Crippen LogP contribution in [-0.2, 0) is 5.41 Å². The van der Waals surface area contributed by atoms with Crippen LogP contribution in [0.1, 0.15) is 40.2 Å². The van der Waals surface area contributed by atoms with E-state index >= 15 is 0 Å². The molecule has 0 amide bonds. The lowest BCUT2D eigenvalue weighted by atomic mass is 9.87. The van der Waals surface area contributed by atoms with Gasteiger partial charge in [-0.3, -0.25) is 0 Å². The standard InChI is InChI=1S/C17H25N5/c1-6-22(7-2)15-12-18-21-16(20-15)19-14-10-8-13(9-11-14)17(3,4)5/h8-12H,6-7H2,1-5H3,(H,19,20,21). The maximum Gasteiger partial charge on any atom is 0.249 e.